The molecule has 1 aromatic rings. The van der Waals surface area contributed by atoms with Crippen molar-refractivity contribution in [2.75, 3.05) is 6.26 Å². The normalized spacial score (nSPS) is 10.2. The molecule has 1 rings (SSSR count). The molecule has 0 unspecified atom stereocenters. The van der Waals surface area contributed by atoms with E-state index in [9.17, 15) is 8.42 Å². The van der Waals surface area contributed by atoms with E-state index in [2.05, 4.69) is 9.97 Å². The van der Waals surface area contributed by atoms with Gasteiger partial charge in [0.15, 0.2) is 0 Å². The Morgan fingerprint density at radius 1 is 1.67 bits per heavy atom. The maximum atomic E-state index is 9.19. The van der Waals surface area contributed by atoms with Gasteiger partial charge in [-0.05, 0) is 0 Å². The highest BCUT2D eigenvalue weighted by molar-refractivity contribution is 7.85. The minimum Gasteiger partial charge on any atom is -0.388 e. The highest BCUT2D eigenvalue weighted by Gasteiger charge is 1.84. The molecule has 0 radical (unpaired) electrons. The van der Waals surface area contributed by atoms with Gasteiger partial charge in [0.25, 0.3) is 10.1 Å². The van der Waals surface area contributed by atoms with E-state index in [0.717, 1.165) is 0 Å². The second kappa shape index (κ2) is 4.86. The maximum Gasteiger partial charge on any atom is 0.261 e. The largest absolute Gasteiger partial charge is 0.388 e. The summed E-state index contributed by atoms with van der Waals surface area (Å²) in [6.07, 6.45) is 3.99. The highest BCUT2D eigenvalue weighted by Crippen LogP contribution is 1.83. The van der Waals surface area contributed by atoms with E-state index in [0.29, 0.717) is 12.1 Å². The number of hydrogen-bond donors (Lipinski definition) is 3. The summed E-state index contributed by atoms with van der Waals surface area (Å²) < 4.78 is 25.9. The van der Waals surface area contributed by atoms with Crippen LogP contribution >= 0.6 is 0 Å². The molecule has 1 aromatic heterocycles. The lowest BCUT2D eigenvalue weighted by atomic mass is 10.7. The first-order valence-corrected chi connectivity index (χ1v) is 4.80. The van der Waals surface area contributed by atoms with Crippen molar-refractivity contribution in [1.29, 1.82) is 0 Å². The summed E-state index contributed by atoms with van der Waals surface area (Å²) in [6, 6.07) is 0. The maximum absolute atomic E-state index is 9.19. The molecule has 0 atom stereocenters. The number of hydrogen-bond acceptors (Lipinski definition) is 4. The molecule has 7 heteroatoms. The van der Waals surface area contributed by atoms with Gasteiger partial charge >= 0.3 is 0 Å². The second-order valence-corrected chi connectivity index (χ2v) is 3.39. The first-order chi connectivity index (χ1) is 5.43. The lowest BCUT2D eigenvalue weighted by Crippen LogP contribution is -1.88. The molecule has 0 fully saturated rings. The topological polar surface area (TPSA) is 103 Å². The van der Waals surface area contributed by atoms with Gasteiger partial charge in [0.1, 0.15) is 12.4 Å². The molecule has 3 N–H and O–H groups in total. The number of rotatable bonds is 1. The Bertz CT molecular complexity index is 283. The molecule has 0 saturated carbocycles. The van der Waals surface area contributed by atoms with Gasteiger partial charge in [-0.3, -0.25) is 4.55 Å². The fourth-order valence-corrected chi connectivity index (χ4v) is 0.384. The first kappa shape index (κ1) is 11.1. The van der Waals surface area contributed by atoms with Crippen LogP contribution in [0.2, 0.25) is 0 Å². The SMILES string of the molecule is CS(=O)(=O)O.OCc1ncc[nH]1. The van der Waals surface area contributed by atoms with Crippen LogP contribution in [0.25, 0.3) is 0 Å². The zero-order chi connectivity index (χ0) is 9.61. The Labute approximate surface area is 70.0 Å². The molecule has 70 valence electrons. The Balaban J connectivity index is 0.000000217. The molecule has 1 heterocycles. The number of aromatic amines is 1. The van der Waals surface area contributed by atoms with Crippen molar-refractivity contribution in [3.63, 3.8) is 0 Å². The third-order valence-corrected chi connectivity index (χ3v) is 0.705. The van der Waals surface area contributed by atoms with Crippen LogP contribution in [-0.2, 0) is 16.7 Å². The van der Waals surface area contributed by atoms with Gasteiger partial charge < -0.3 is 10.1 Å². The lowest BCUT2D eigenvalue weighted by Gasteiger charge is -1.79. The predicted octanol–water partition coefficient (Wildman–Crippen LogP) is -0.594. The van der Waals surface area contributed by atoms with Crippen LogP contribution in [0.15, 0.2) is 12.4 Å². The van der Waals surface area contributed by atoms with E-state index in [1.807, 2.05) is 0 Å². The molecular formula is C5H10N2O4S. The van der Waals surface area contributed by atoms with Crippen molar-refractivity contribution in [2.45, 2.75) is 6.61 Å². The number of nitrogens with one attached hydrogen (secondary N) is 1. The van der Waals surface area contributed by atoms with Crippen LogP contribution in [0.1, 0.15) is 5.82 Å². The van der Waals surface area contributed by atoms with E-state index in [1.165, 1.54) is 0 Å². The van der Waals surface area contributed by atoms with Gasteiger partial charge in [-0.15, -0.1) is 0 Å². The van der Waals surface area contributed by atoms with E-state index in [4.69, 9.17) is 9.66 Å². The van der Waals surface area contributed by atoms with E-state index in [1.54, 1.807) is 12.4 Å². The van der Waals surface area contributed by atoms with Crippen LogP contribution in [0.5, 0.6) is 0 Å². The molecule has 0 aromatic carbocycles. The number of H-pyrrole nitrogens is 1. The van der Waals surface area contributed by atoms with Crippen molar-refractivity contribution in [3.05, 3.63) is 18.2 Å². The molecule has 0 saturated heterocycles. The molecule has 0 aliphatic carbocycles. The van der Waals surface area contributed by atoms with Gasteiger partial charge in [-0.2, -0.15) is 8.42 Å². The molecule has 0 bridgehead atoms. The lowest BCUT2D eigenvalue weighted by molar-refractivity contribution is 0.272. The number of aliphatic hydroxyl groups excluding tert-OH is 1. The summed E-state index contributed by atoms with van der Waals surface area (Å²) >= 11 is 0. The summed E-state index contributed by atoms with van der Waals surface area (Å²) in [5, 5.41) is 8.33. The molecular weight excluding hydrogens is 184 g/mol. The molecule has 12 heavy (non-hydrogen) atoms. The number of aromatic nitrogens is 2. The zero-order valence-electron chi connectivity index (χ0n) is 6.43. The van der Waals surface area contributed by atoms with Crippen LogP contribution in [0, 0.1) is 0 Å². The van der Waals surface area contributed by atoms with Crippen LogP contribution in [0.3, 0.4) is 0 Å². The third-order valence-electron chi connectivity index (χ3n) is 0.705. The van der Waals surface area contributed by atoms with Gasteiger partial charge in [-0.25, -0.2) is 4.98 Å². The van der Waals surface area contributed by atoms with Gasteiger partial charge in [-0.1, -0.05) is 0 Å². The summed E-state index contributed by atoms with van der Waals surface area (Å²) in [7, 11) is -3.67. The van der Waals surface area contributed by atoms with E-state index >= 15 is 0 Å². The number of nitrogens with zero attached hydrogens (tertiary/aromatic N) is 1. The Hall–Kier alpha value is -0.920. The van der Waals surface area contributed by atoms with Crippen LogP contribution in [-0.4, -0.2) is 34.3 Å². The van der Waals surface area contributed by atoms with E-state index < -0.39 is 10.1 Å². The molecule has 0 aliphatic rings. The Morgan fingerprint density at radius 3 is 2.33 bits per heavy atom. The highest BCUT2D eigenvalue weighted by atomic mass is 32.2. The number of aliphatic hydroxyl groups is 1. The minimum atomic E-state index is -3.67. The van der Waals surface area contributed by atoms with Crippen LogP contribution < -0.4 is 0 Å². The quantitative estimate of drug-likeness (QED) is 0.518. The molecule has 0 aliphatic heterocycles. The molecule has 0 spiro atoms. The van der Waals surface area contributed by atoms with Crippen molar-refractivity contribution in [3.8, 4) is 0 Å². The average Bonchev–Trinajstić information content (AvgIpc) is 2.33. The van der Waals surface area contributed by atoms with Crippen molar-refractivity contribution in [1.82, 2.24) is 9.97 Å². The summed E-state index contributed by atoms with van der Waals surface area (Å²) in [4.78, 5) is 6.45. The molecule has 6 nitrogen and oxygen atoms in total. The van der Waals surface area contributed by atoms with Gasteiger partial charge in [0, 0.05) is 12.4 Å². The van der Waals surface area contributed by atoms with Crippen molar-refractivity contribution in [2.24, 2.45) is 0 Å². The van der Waals surface area contributed by atoms with Gasteiger partial charge in [0.05, 0.1) is 6.26 Å². The standard InChI is InChI=1S/C4H6N2O.CH4O3S/c7-3-4-5-1-2-6-4;1-5(2,3)4/h1-2,7H,3H2,(H,5,6);1H3,(H,2,3,4). The molecule has 0 amide bonds. The Kier molecular flexibility index (Phi) is 4.49. The second-order valence-electron chi connectivity index (χ2n) is 1.93. The van der Waals surface area contributed by atoms with Crippen molar-refractivity contribution < 1.29 is 18.1 Å². The fourth-order valence-electron chi connectivity index (χ4n) is 0.384. The number of imidazole rings is 1. The van der Waals surface area contributed by atoms with Gasteiger partial charge in [0.2, 0.25) is 0 Å². The summed E-state index contributed by atoms with van der Waals surface area (Å²) in [5.41, 5.74) is 0. The smallest absolute Gasteiger partial charge is 0.261 e. The first-order valence-electron chi connectivity index (χ1n) is 2.95. The monoisotopic (exact) mass is 194 g/mol. The predicted molar refractivity (Wildman–Crippen MR) is 42.0 cm³/mol. The zero-order valence-corrected chi connectivity index (χ0v) is 7.24. The van der Waals surface area contributed by atoms with E-state index in [-0.39, 0.29) is 6.61 Å². The van der Waals surface area contributed by atoms with Crippen LogP contribution in [0.4, 0.5) is 0 Å². The fraction of sp³-hybridized carbons (Fsp3) is 0.400. The third kappa shape index (κ3) is 9.08. The summed E-state index contributed by atoms with van der Waals surface area (Å²) in [5.74, 6) is 0.611. The Morgan fingerprint density at radius 2 is 2.17 bits per heavy atom. The summed E-state index contributed by atoms with van der Waals surface area (Å²) in [6.45, 7) is -0.00694. The minimum absolute atomic E-state index is 0.00694. The van der Waals surface area contributed by atoms with Crippen molar-refractivity contribution >= 4 is 10.1 Å². The average molecular weight is 194 g/mol.